The smallest absolute Gasteiger partial charge is 0.185 e. The highest BCUT2D eigenvalue weighted by Gasteiger charge is 2.37. The van der Waals surface area contributed by atoms with Crippen LogP contribution in [0.25, 0.3) is 6.08 Å². The van der Waals surface area contributed by atoms with E-state index in [2.05, 4.69) is 32.6 Å². The molecule has 2 aromatic carbocycles. The summed E-state index contributed by atoms with van der Waals surface area (Å²) >= 11 is 0. The van der Waals surface area contributed by atoms with Crippen LogP contribution in [0.15, 0.2) is 43.0 Å². The monoisotopic (exact) mass is 462 g/mol. The zero-order valence-electron chi connectivity index (χ0n) is 20.4. The highest BCUT2D eigenvalue weighted by Crippen LogP contribution is 2.58. The van der Waals surface area contributed by atoms with E-state index in [4.69, 9.17) is 4.74 Å². The first kappa shape index (κ1) is 24.2. The van der Waals surface area contributed by atoms with E-state index >= 15 is 0 Å². The third kappa shape index (κ3) is 5.96. The Bertz CT molecular complexity index is 909. The molecule has 0 aliphatic heterocycles. The van der Waals surface area contributed by atoms with Crippen molar-refractivity contribution in [2.45, 2.75) is 96.0 Å². The molecule has 0 bridgehead atoms. The second-order valence-corrected chi connectivity index (χ2v) is 12.6. The molecule has 4 rings (SSSR count). The van der Waals surface area contributed by atoms with Crippen molar-refractivity contribution >= 4 is 19.5 Å². The van der Waals surface area contributed by atoms with E-state index < -0.39 is 7.92 Å². The molecule has 33 heavy (non-hydrogen) atoms. The van der Waals surface area contributed by atoms with Gasteiger partial charge in [0.2, 0.25) is 0 Å². The molecule has 0 aromatic heterocycles. The first-order valence-corrected chi connectivity index (χ1v) is 14.3. The van der Waals surface area contributed by atoms with Crippen LogP contribution in [0.4, 0.5) is 0 Å². The predicted octanol–water partition coefficient (Wildman–Crippen LogP) is 8.81. The number of hydrogen-bond acceptors (Lipinski definition) is 2. The summed E-state index contributed by atoms with van der Waals surface area (Å²) in [6.45, 7) is 8.56. The molecule has 2 aliphatic carbocycles. The van der Waals surface area contributed by atoms with Gasteiger partial charge in [0.05, 0.1) is 0 Å². The molecule has 0 atom stereocenters. The van der Waals surface area contributed by atoms with Crippen molar-refractivity contribution in [1.29, 1.82) is 0 Å². The Balaban J connectivity index is 1.53. The molecule has 176 valence electrons. The lowest BCUT2D eigenvalue weighted by molar-refractivity contribution is 0.107. The Labute approximate surface area is 201 Å². The average molecular weight is 463 g/mol. The van der Waals surface area contributed by atoms with E-state index in [1.807, 2.05) is 30.3 Å². The summed E-state index contributed by atoms with van der Waals surface area (Å²) in [7, 11) is -0.604. The second kappa shape index (κ2) is 11.5. The zero-order chi connectivity index (χ0) is 23.2. The quantitative estimate of drug-likeness (QED) is 0.366. The molecule has 0 amide bonds. The number of rotatable bonds is 8. The summed E-state index contributed by atoms with van der Waals surface area (Å²) in [4.78, 5) is 14.1. The van der Waals surface area contributed by atoms with Gasteiger partial charge in [-0.25, -0.2) is 0 Å². The lowest BCUT2D eigenvalue weighted by atomic mass is 9.99. The van der Waals surface area contributed by atoms with Crippen molar-refractivity contribution in [2.75, 3.05) is 0 Å². The normalized spacial score (nSPS) is 17.8. The fourth-order valence-electron chi connectivity index (χ4n) is 5.82. The van der Waals surface area contributed by atoms with Crippen LogP contribution < -0.4 is 4.74 Å². The van der Waals surface area contributed by atoms with Crippen LogP contribution in [0, 0.1) is 13.8 Å². The second-order valence-electron chi connectivity index (χ2n) is 9.96. The summed E-state index contributed by atoms with van der Waals surface area (Å²) in [6, 6.07) is 12.3. The van der Waals surface area contributed by atoms with Crippen LogP contribution in [0.5, 0.6) is 5.75 Å². The minimum Gasteiger partial charge on any atom is -0.489 e. The molecule has 2 fully saturated rings. The van der Waals surface area contributed by atoms with Gasteiger partial charge in [-0.15, -0.1) is 0 Å². The van der Waals surface area contributed by atoms with Gasteiger partial charge >= 0.3 is 0 Å². The third-order valence-electron chi connectivity index (χ3n) is 7.50. The standard InChI is InChI=1S/C30H39O2P/c1-4-24-15-17-26(18-16-24)32-21-25-19-22(2)29(23(3)20-25)30(31)33(27-11-7-5-8-12-27)28-13-9-6-10-14-28/h4,15-20,27-28H,1,5-14,21H2,2-3H3. The lowest BCUT2D eigenvalue weighted by Gasteiger charge is -2.37. The molecule has 0 heterocycles. The van der Waals surface area contributed by atoms with Gasteiger partial charge in [-0.2, -0.15) is 0 Å². The van der Waals surface area contributed by atoms with E-state index in [1.165, 1.54) is 64.2 Å². The third-order valence-corrected chi connectivity index (χ3v) is 10.8. The SMILES string of the molecule is C=Cc1ccc(OCc2cc(C)c(C(=O)P(C3CCCCC3)C3CCCCC3)c(C)c2)cc1. The van der Waals surface area contributed by atoms with Crippen molar-refractivity contribution in [3.8, 4) is 5.75 Å². The molecule has 2 saturated carbocycles. The van der Waals surface area contributed by atoms with Crippen LogP contribution in [0.3, 0.4) is 0 Å². The molecule has 2 aromatic rings. The Morgan fingerprint density at radius 2 is 1.42 bits per heavy atom. The van der Waals surface area contributed by atoms with Crippen LogP contribution in [-0.4, -0.2) is 16.8 Å². The maximum atomic E-state index is 14.1. The van der Waals surface area contributed by atoms with Crippen LogP contribution in [0.1, 0.15) is 96.8 Å². The Hall–Kier alpha value is -1.92. The van der Waals surface area contributed by atoms with E-state index in [-0.39, 0.29) is 0 Å². The summed E-state index contributed by atoms with van der Waals surface area (Å²) in [5.41, 5.74) is 7.26. The van der Waals surface area contributed by atoms with Gasteiger partial charge in [-0.1, -0.05) is 75.4 Å². The van der Waals surface area contributed by atoms with E-state index in [1.54, 1.807) is 0 Å². The van der Waals surface area contributed by atoms with Crippen molar-refractivity contribution in [1.82, 2.24) is 0 Å². The largest absolute Gasteiger partial charge is 0.489 e. The Morgan fingerprint density at radius 1 is 0.909 bits per heavy atom. The van der Waals surface area contributed by atoms with E-state index in [9.17, 15) is 4.79 Å². The van der Waals surface area contributed by atoms with Gasteiger partial charge in [0.25, 0.3) is 0 Å². The minimum atomic E-state index is -0.604. The first-order chi connectivity index (χ1) is 16.1. The molecule has 2 aliphatic rings. The number of benzene rings is 2. The van der Waals surface area contributed by atoms with Crippen LogP contribution >= 0.6 is 7.92 Å². The van der Waals surface area contributed by atoms with Crippen molar-refractivity contribution < 1.29 is 9.53 Å². The fourth-order valence-corrected chi connectivity index (χ4v) is 9.53. The van der Waals surface area contributed by atoms with Gasteiger partial charge < -0.3 is 4.74 Å². The van der Waals surface area contributed by atoms with Crippen molar-refractivity contribution in [3.05, 3.63) is 70.8 Å². The van der Waals surface area contributed by atoms with Crippen molar-refractivity contribution in [2.24, 2.45) is 0 Å². The highest BCUT2D eigenvalue weighted by molar-refractivity contribution is 7.76. The van der Waals surface area contributed by atoms with Crippen LogP contribution in [0.2, 0.25) is 0 Å². The topological polar surface area (TPSA) is 26.3 Å². The van der Waals surface area contributed by atoms with E-state index in [0.29, 0.717) is 23.4 Å². The fraction of sp³-hybridized carbons (Fsp3) is 0.500. The summed E-state index contributed by atoms with van der Waals surface area (Å²) in [6.07, 6.45) is 14.8. The van der Waals surface area contributed by atoms with Crippen LogP contribution in [-0.2, 0) is 6.61 Å². The Kier molecular flexibility index (Phi) is 8.42. The number of aryl methyl sites for hydroxylation is 2. The maximum Gasteiger partial charge on any atom is 0.185 e. The van der Waals surface area contributed by atoms with Crippen molar-refractivity contribution in [3.63, 3.8) is 0 Å². The average Bonchev–Trinajstić information content (AvgIpc) is 2.84. The molecular formula is C30H39O2P. The molecule has 0 unspecified atom stereocenters. The maximum absolute atomic E-state index is 14.1. The molecule has 0 spiro atoms. The summed E-state index contributed by atoms with van der Waals surface area (Å²) < 4.78 is 6.02. The minimum absolute atomic E-state index is 0.492. The molecule has 0 radical (unpaired) electrons. The van der Waals surface area contributed by atoms with Gasteiger partial charge in [0.15, 0.2) is 5.52 Å². The molecule has 0 saturated heterocycles. The highest BCUT2D eigenvalue weighted by atomic mass is 31.1. The number of carbonyl (C=O) groups is 1. The predicted molar refractivity (Wildman–Crippen MR) is 142 cm³/mol. The lowest BCUT2D eigenvalue weighted by Crippen LogP contribution is -2.25. The first-order valence-electron chi connectivity index (χ1n) is 12.8. The Morgan fingerprint density at radius 3 is 1.91 bits per heavy atom. The molecule has 0 N–H and O–H groups in total. The summed E-state index contributed by atoms with van der Waals surface area (Å²) in [5.74, 6) is 0.856. The van der Waals surface area contributed by atoms with Gasteiger partial charge in [-0.3, -0.25) is 4.79 Å². The zero-order valence-corrected chi connectivity index (χ0v) is 21.3. The molecule has 2 nitrogen and oxygen atoms in total. The summed E-state index contributed by atoms with van der Waals surface area (Å²) in [5, 5.41) is 0. The number of ether oxygens (including phenoxy) is 1. The number of carbonyl (C=O) groups excluding carboxylic acids is 1. The van der Waals surface area contributed by atoms with Gasteiger partial charge in [0, 0.05) is 5.56 Å². The molecule has 3 heteroatoms. The van der Waals surface area contributed by atoms with Gasteiger partial charge in [0.1, 0.15) is 12.4 Å². The molecular weight excluding hydrogens is 423 g/mol. The van der Waals surface area contributed by atoms with E-state index in [0.717, 1.165) is 33.6 Å². The van der Waals surface area contributed by atoms with Gasteiger partial charge in [-0.05, 0) is 93.2 Å². The number of hydrogen-bond donors (Lipinski definition) is 0.